The van der Waals surface area contributed by atoms with E-state index in [-0.39, 0.29) is 11.3 Å². The summed E-state index contributed by atoms with van der Waals surface area (Å²) in [7, 11) is -4.03. The number of sulfonamides is 1. The van der Waals surface area contributed by atoms with Crippen LogP contribution in [0.2, 0.25) is 0 Å². The Labute approximate surface area is 85.2 Å². The average molecular weight is 237 g/mol. The maximum absolute atomic E-state index is 12.3. The Morgan fingerprint density at radius 3 is 2.40 bits per heavy atom. The van der Waals surface area contributed by atoms with Crippen LogP contribution >= 0.6 is 0 Å². The minimum absolute atomic E-state index is 0.0727. The van der Waals surface area contributed by atoms with Crippen LogP contribution in [0.5, 0.6) is 0 Å². The number of pyridine rings is 1. The van der Waals surface area contributed by atoms with Gasteiger partial charge < -0.3 is 5.73 Å². The summed E-state index contributed by atoms with van der Waals surface area (Å²) in [6, 6.07) is 0. The van der Waals surface area contributed by atoms with E-state index in [1.807, 2.05) is 0 Å². The first kappa shape index (κ1) is 11.8. The van der Waals surface area contributed by atoms with E-state index >= 15 is 0 Å². The molecule has 0 saturated heterocycles. The molecule has 5 nitrogen and oxygen atoms in total. The number of halogens is 2. The summed E-state index contributed by atoms with van der Waals surface area (Å²) in [5.74, 6) is 0. The number of rotatable bonds is 2. The topological polar surface area (TPSA) is 99.1 Å². The molecule has 0 aliphatic heterocycles. The van der Waals surface area contributed by atoms with Crippen LogP contribution in [-0.4, -0.2) is 13.4 Å². The number of aromatic nitrogens is 1. The molecule has 0 fully saturated rings. The number of hydrogen-bond acceptors (Lipinski definition) is 4. The minimum atomic E-state index is -4.03. The van der Waals surface area contributed by atoms with Crippen LogP contribution in [0.3, 0.4) is 0 Å². The quantitative estimate of drug-likeness (QED) is 0.784. The van der Waals surface area contributed by atoms with Crippen LogP contribution in [-0.2, 0) is 10.0 Å². The molecule has 0 bridgehead atoms. The van der Waals surface area contributed by atoms with E-state index in [0.29, 0.717) is 0 Å². The van der Waals surface area contributed by atoms with Gasteiger partial charge >= 0.3 is 0 Å². The van der Waals surface area contributed by atoms with E-state index in [0.717, 1.165) is 6.20 Å². The predicted molar refractivity (Wildman–Crippen MR) is 49.7 cm³/mol. The monoisotopic (exact) mass is 237 g/mol. The number of hydrogen-bond donors (Lipinski definition) is 2. The van der Waals surface area contributed by atoms with E-state index in [1.54, 1.807) is 0 Å². The maximum Gasteiger partial charge on any atom is 0.280 e. The molecule has 0 atom stereocenters. The lowest BCUT2D eigenvalue weighted by molar-refractivity contribution is 0.145. The van der Waals surface area contributed by atoms with Crippen LogP contribution in [0.4, 0.5) is 14.5 Å². The van der Waals surface area contributed by atoms with Gasteiger partial charge in [-0.2, -0.15) is 0 Å². The lowest BCUT2D eigenvalue weighted by atomic mass is 10.2. The molecule has 84 valence electrons. The average Bonchev–Trinajstić information content (AvgIpc) is 2.06. The number of nitrogens with two attached hydrogens (primary N) is 2. The number of nitrogens with zero attached hydrogens (tertiary/aromatic N) is 1. The molecule has 0 aliphatic carbocycles. The molecular formula is C7H9F2N3O2S. The lowest BCUT2D eigenvalue weighted by Crippen LogP contribution is -2.16. The number of nitrogen functional groups attached to an aromatic ring is 1. The largest absolute Gasteiger partial charge is 0.397 e. The normalized spacial score (nSPS) is 12.1. The van der Waals surface area contributed by atoms with Crippen molar-refractivity contribution in [2.45, 2.75) is 18.2 Å². The molecule has 0 unspecified atom stereocenters. The summed E-state index contributed by atoms with van der Waals surface area (Å²) in [5.41, 5.74) is 4.47. The molecule has 8 heteroatoms. The summed E-state index contributed by atoms with van der Waals surface area (Å²) in [4.78, 5) is 2.88. The molecule has 0 spiro atoms. The molecule has 15 heavy (non-hydrogen) atoms. The van der Waals surface area contributed by atoms with Gasteiger partial charge in [0.1, 0.15) is 10.6 Å². The fourth-order valence-electron chi connectivity index (χ4n) is 1.06. The van der Waals surface area contributed by atoms with Crippen molar-refractivity contribution in [3.8, 4) is 0 Å². The van der Waals surface area contributed by atoms with E-state index in [2.05, 4.69) is 4.98 Å². The van der Waals surface area contributed by atoms with Crippen LogP contribution in [0.1, 0.15) is 17.7 Å². The standard InChI is InChI=1S/C7H9F2N3O2S/c1-3-5(10)4(15(11,13)14)2-12-6(3)7(8)9/h2,7H,1H3,(H2,10,12)(H2,11,13,14). The van der Waals surface area contributed by atoms with Gasteiger partial charge in [0, 0.05) is 11.8 Å². The minimum Gasteiger partial charge on any atom is -0.397 e. The molecule has 0 saturated carbocycles. The summed E-state index contributed by atoms with van der Waals surface area (Å²) in [6.07, 6.45) is -2.07. The van der Waals surface area contributed by atoms with Gasteiger partial charge in [-0.15, -0.1) is 0 Å². The molecule has 1 aromatic rings. The van der Waals surface area contributed by atoms with Crippen LogP contribution < -0.4 is 10.9 Å². The van der Waals surface area contributed by atoms with Gasteiger partial charge in [-0.1, -0.05) is 0 Å². The van der Waals surface area contributed by atoms with E-state index in [9.17, 15) is 17.2 Å². The van der Waals surface area contributed by atoms with Crippen molar-refractivity contribution in [1.29, 1.82) is 0 Å². The Morgan fingerprint density at radius 2 is 2.00 bits per heavy atom. The zero-order chi connectivity index (χ0) is 11.8. The van der Waals surface area contributed by atoms with Gasteiger partial charge in [-0.05, 0) is 6.92 Å². The third-order valence-electron chi connectivity index (χ3n) is 1.89. The highest BCUT2D eigenvalue weighted by Gasteiger charge is 2.20. The fourth-order valence-corrected chi connectivity index (χ4v) is 1.72. The van der Waals surface area contributed by atoms with Crippen molar-refractivity contribution in [3.63, 3.8) is 0 Å². The molecule has 1 aromatic heterocycles. The van der Waals surface area contributed by atoms with Crippen LogP contribution in [0.25, 0.3) is 0 Å². The Balaban J connectivity index is 3.48. The Kier molecular flexibility index (Phi) is 2.91. The number of primary sulfonamides is 1. The second-order valence-corrected chi connectivity index (χ2v) is 4.42. The summed E-state index contributed by atoms with van der Waals surface area (Å²) in [5, 5.41) is 4.82. The third kappa shape index (κ3) is 2.21. The second-order valence-electron chi connectivity index (χ2n) is 2.89. The van der Waals surface area contributed by atoms with Crippen molar-refractivity contribution in [2.75, 3.05) is 5.73 Å². The highest BCUT2D eigenvalue weighted by atomic mass is 32.2. The molecule has 0 aliphatic rings. The predicted octanol–water partition coefficient (Wildman–Crippen LogP) is 0.557. The number of alkyl halides is 2. The third-order valence-corrected chi connectivity index (χ3v) is 2.83. The smallest absolute Gasteiger partial charge is 0.280 e. The van der Waals surface area contributed by atoms with Gasteiger partial charge in [-0.3, -0.25) is 4.98 Å². The van der Waals surface area contributed by atoms with Gasteiger partial charge in [0.05, 0.1) is 5.69 Å². The molecule has 0 aromatic carbocycles. The first-order valence-electron chi connectivity index (χ1n) is 3.81. The molecular weight excluding hydrogens is 228 g/mol. The first-order valence-corrected chi connectivity index (χ1v) is 5.35. The summed E-state index contributed by atoms with van der Waals surface area (Å²) < 4.78 is 46.6. The Bertz CT molecular complexity index is 487. The zero-order valence-electron chi connectivity index (χ0n) is 7.74. The van der Waals surface area contributed by atoms with Gasteiger partial charge in [-0.25, -0.2) is 22.3 Å². The molecule has 1 heterocycles. The summed E-state index contributed by atoms with van der Waals surface area (Å²) in [6.45, 7) is 1.26. The van der Waals surface area contributed by atoms with Gasteiger partial charge in [0.25, 0.3) is 6.43 Å². The lowest BCUT2D eigenvalue weighted by Gasteiger charge is -2.09. The highest BCUT2D eigenvalue weighted by Crippen LogP contribution is 2.27. The van der Waals surface area contributed by atoms with Crippen LogP contribution in [0, 0.1) is 6.92 Å². The van der Waals surface area contributed by atoms with Crippen LogP contribution in [0.15, 0.2) is 11.1 Å². The first-order chi connectivity index (χ1) is 6.75. The molecule has 0 radical (unpaired) electrons. The number of anilines is 1. The van der Waals surface area contributed by atoms with Crippen molar-refractivity contribution >= 4 is 15.7 Å². The zero-order valence-corrected chi connectivity index (χ0v) is 8.55. The molecule has 0 amide bonds. The van der Waals surface area contributed by atoms with Crippen molar-refractivity contribution in [3.05, 3.63) is 17.5 Å². The SMILES string of the molecule is Cc1c(C(F)F)ncc(S(N)(=O)=O)c1N. The van der Waals surface area contributed by atoms with E-state index in [4.69, 9.17) is 10.9 Å². The molecule has 4 N–H and O–H groups in total. The van der Waals surface area contributed by atoms with E-state index < -0.39 is 27.0 Å². The van der Waals surface area contributed by atoms with Crippen molar-refractivity contribution < 1.29 is 17.2 Å². The second kappa shape index (κ2) is 3.70. The Hall–Kier alpha value is -1.28. The summed E-state index contributed by atoms with van der Waals surface area (Å²) >= 11 is 0. The fraction of sp³-hybridized carbons (Fsp3) is 0.286. The van der Waals surface area contributed by atoms with Crippen molar-refractivity contribution in [1.82, 2.24) is 4.98 Å². The van der Waals surface area contributed by atoms with Gasteiger partial charge in [0.15, 0.2) is 0 Å². The Morgan fingerprint density at radius 1 is 1.47 bits per heavy atom. The van der Waals surface area contributed by atoms with Crippen molar-refractivity contribution in [2.24, 2.45) is 5.14 Å². The van der Waals surface area contributed by atoms with E-state index in [1.165, 1.54) is 6.92 Å². The maximum atomic E-state index is 12.3. The highest BCUT2D eigenvalue weighted by molar-refractivity contribution is 7.89. The van der Waals surface area contributed by atoms with Gasteiger partial charge in [0.2, 0.25) is 10.0 Å². The molecule has 1 rings (SSSR count).